The van der Waals surface area contributed by atoms with Crippen molar-refractivity contribution in [3.05, 3.63) is 65.0 Å². The summed E-state index contributed by atoms with van der Waals surface area (Å²) in [5.74, 6) is 1.64. The highest BCUT2D eigenvalue weighted by molar-refractivity contribution is 5.84. The van der Waals surface area contributed by atoms with Crippen LogP contribution in [0.4, 0.5) is 4.39 Å². The van der Waals surface area contributed by atoms with E-state index in [0.29, 0.717) is 25.0 Å². The first kappa shape index (κ1) is 25.7. The number of nitrogens with one attached hydrogen (secondary N) is 3. The van der Waals surface area contributed by atoms with Crippen molar-refractivity contribution in [2.24, 2.45) is 0 Å². The Kier molecular flexibility index (Phi) is 8.24. The summed E-state index contributed by atoms with van der Waals surface area (Å²) in [6.45, 7) is 0.312. The maximum Gasteiger partial charge on any atom is 0.239 e. The number of hydrogen-bond donors (Lipinski definition) is 4. The van der Waals surface area contributed by atoms with E-state index in [4.69, 9.17) is 11.2 Å². The fourth-order valence-corrected chi connectivity index (χ4v) is 4.46. The second-order valence-electron chi connectivity index (χ2n) is 9.48. The number of carbonyl (C=O) groups is 2. The summed E-state index contributed by atoms with van der Waals surface area (Å²) in [5.41, 5.74) is 2.20. The molecule has 2 heterocycles. The number of aliphatic hydroxyl groups excluding tert-OH is 1. The summed E-state index contributed by atoms with van der Waals surface area (Å²) in [5, 5.41) is 20.0. The number of rotatable bonds is 5. The number of aliphatic hydroxyl groups is 1. The number of benzene rings is 2. The molecule has 8 heteroatoms. The normalized spacial score (nSPS) is 21.0. The van der Waals surface area contributed by atoms with E-state index >= 15 is 0 Å². The zero-order chi connectivity index (χ0) is 25.5. The lowest BCUT2D eigenvalue weighted by Crippen LogP contribution is -2.52. The van der Waals surface area contributed by atoms with Gasteiger partial charge >= 0.3 is 0 Å². The highest BCUT2D eigenvalue weighted by Gasteiger charge is 2.44. The Morgan fingerprint density at radius 2 is 2.03 bits per heavy atom. The van der Waals surface area contributed by atoms with Crippen LogP contribution in [-0.4, -0.2) is 48.8 Å². The number of carbonyl (C=O) groups excluding carboxylic acids is 2. The monoisotopic (exact) mass is 493 g/mol. The van der Waals surface area contributed by atoms with Crippen LogP contribution >= 0.6 is 0 Å². The van der Waals surface area contributed by atoms with E-state index in [1.54, 1.807) is 12.1 Å². The average molecular weight is 494 g/mol. The number of fused-ring (bicyclic) bond motifs is 13. The second kappa shape index (κ2) is 11.5. The van der Waals surface area contributed by atoms with Gasteiger partial charge in [0.2, 0.25) is 11.8 Å². The lowest BCUT2D eigenvalue weighted by molar-refractivity contribution is -0.127. The maximum absolute atomic E-state index is 14.6. The molecule has 190 valence electrons. The fraction of sp³-hybridized carbons (Fsp3) is 0.429. The summed E-state index contributed by atoms with van der Waals surface area (Å²) >= 11 is 0. The van der Waals surface area contributed by atoms with Gasteiger partial charge in [-0.25, -0.2) is 4.39 Å². The van der Waals surface area contributed by atoms with Crippen LogP contribution in [0.15, 0.2) is 42.5 Å². The molecule has 0 aromatic heterocycles. The maximum atomic E-state index is 14.6. The van der Waals surface area contributed by atoms with Gasteiger partial charge < -0.3 is 25.8 Å². The topological polar surface area (TPSA) is 99.7 Å². The SMILES string of the molecule is C#Cc1cccc(C2(NCC(O)C3Cc4ccc(c(F)c4)OCCCCC(=O)NCC(=O)N3)CC2)c1. The predicted octanol–water partition coefficient (Wildman–Crippen LogP) is 2.15. The van der Waals surface area contributed by atoms with Crippen molar-refractivity contribution in [2.75, 3.05) is 19.7 Å². The molecule has 3 aliphatic rings. The van der Waals surface area contributed by atoms with E-state index in [1.807, 2.05) is 24.3 Å². The molecule has 1 aliphatic carbocycles. The van der Waals surface area contributed by atoms with Crippen molar-refractivity contribution in [2.45, 2.75) is 56.2 Å². The first-order valence-electron chi connectivity index (χ1n) is 12.4. The standard InChI is InChI=1S/C28H32FN3O4/c1-2-19-6-5-7-21(14-19)28(11-12-28)31-17-24(33)23-16-20-9-10-25(22(29)15-20)36-13-4-3-8-26(34)30-18-27(35)32-23/h1,5-7,9-10,14-15,23-24,31,33H,3-4,8,11-13,16-18H2,(H,30,34)(H,32,35). The summed E-state index contributed by atoms with van der Waals surface area (Å²) < 4.78 is 20.1. The van der Waals surface area contributed by atoms with Crippen LogP contribution < -0.4 is 20.7 Å². The van der Waals surface area contributed by atoms with Gasteiger partial charge in [0.15, 0.2) is 11.6 Å². The number of halogens is 1. The van der Waals surface area contributed by atoms with Crippen molar-refractivity contribution in [3.63, 3.8) is 0 Å². The minimum absolute atomic E-state index is 0.142. The lowest BCUT2D eigenvalue weighted by atomic mass is 9.98. The largest absolute Gasteiger partial charge is 0.491 e. The minimum Gasteiger partial charge on any atom is -0.491 e. The number of amides is 2. The van der Waals surface area contributed by atoms with Gasteiger partial charge in [-0.15, -0.1) is 6.42 Å². The molecule has 5 rings (SSSR count). The molecular formula is C28H32FN3O4. The Morgan fingerprint density at radius 1 is 1.19 bits per heavy atom. The second-order valence-corrected chi connectivity index (χ2v) is 9.48. The van der Waals surface area contributed by atoms with Crippen LogP contribution in [0.2, 0.25) is 0 Å². The summed E-state index contributed by atoms with van der Waals surface area (Å²) in [4.78, 5) is 24.6. The third kappa shape index (κ3) is 6.62. The first-order chi connectivity index (χ1) is 17.4. The highest BCUT2D eigenvalue weighted by Crippen LogP contribution is 2.45. The Bertz CT molecular complexity index is 1140. The molecule has 1 fully saturated rings. The molecule has 36 heavy (non-hydrogen) atoms. The summed E-state index contributed by atoms with van der Waals surface area (Å²) in [6, 6.07) is 11.7. The zero-order valence-corrected chi connectivity index (χ0v) is 20.2. The molecule has 2 aromatic carbocycles. The molecule has 0 spiro atoms. The minimum atomic E-state index is -0.962. The Hall–Kier alpha value is -3.41. The quantitative estimate of drug-likeness (QED) is 0.479. The average Bonchev–Trinajstić information content (AvgIpc) is 3.67. The molecule has 2 aromatic rings. The van der Waals surface area contributed by atoms with Gasteiger partial charge in [0.25, 0.3) is 0 Å². The van der Waals surface area contributed by atoms with Gasteiger partial charge in [0.1, 0.15) is 0 Å². The first-order valence-corrected chi connectivity index (χ1v) is 12.4. The number of hydrogen-bond acceptors (Lipinski definition) is 5. The third-order valence-electron chi connectivity index (χ3n) is 6.75. The van der Waals surface area contributed by atoms with Crippen molar-refractivity contribution >= 4 is 11.8 Å². The van der Waals surface area contributed by atoms with E-state index in [1.165, 1.54) is 6.07 Å². The van der Waals surface area contributed by atoms with Crippen LogP contribution in [0.3, 0.4) is 0 Å². The molecule has 2 bridgehead atoms. The van der Waals surface area contributed by atoms with Gasteiger partial charge in [-0.05, 0) is 67.5 Å². The molecule has 4 N–H and O–H groups in total. The summed E-state index contributed by atoms with van der Waals surface area (Å²) in [7, 11) is 0. The van der Waals surface area contributed by atoms with Crippen molar-refractivity contribution in [1.29, 1.82) is 0 Å². The summed E-state index contributed by atoms with van der Waals surface area (Å²) in [6.07, 6.45) is 8.01. The van der Waals surface area contributed by atoms with Gasteiger partial charge in [0, 0.05) is 24.1 Å². The van der Waals surface area contributed by atoms with Gasteiger partial charge in [-0.3, -0.25) is 9.59 Å². The molecule has 2 unspecified atom stereocenters. The molecule has 1 saturated carbocycles. The van der Waals surface area contributed by atoms with Crippen LogP contribution in [-0.2, 0) is 21.5 Å². The van der Waals surface area contributed by atoms with Crippen molar-refractivity contribution in [1.82, 2.24) is 16.0 Å². The number of terminal acetylenes is 1. The van der Waals surface area contributed by atoms with Gasteiger partial charge in [-0.2, -0.15) is 0 Å². The van der Waals surface area contributed by atoms with Crippen molar-refractivity contribution in [3.8, 4) is 18.1 Å². The van der Waals surface area contributed by atoms with E-state index < -0.39 is 23.9 Å². The van der Waals surface area contributed by atoms with Crippen molar-refractivity contribution < 1.29 is 23.8 Å². The zero-order valence-electron chi connectivity index (χ0n) is 20.2. The van der Waals surface area contributed by atoms with Crippen LogP contribution in [0.25, 0.3) is 0 Å². The third-order valence-corrected chi connectivity index (χ3v) is 6.75. The van der Waals surface area contributed by atoms with E-state index in [2.05, 4.69) is 21.9 Å². The molecule has 2 atom stereocenters. The fourth-order valence-electron chi connectivity index (χ4n) is 4.46. The molecule has 2 amide bonds. The van der Waals surface area contributed by atoms with E-state index in [9.17, 15) is 19.1 Å². The molecule has 0 radical (unpaired) electrons. The predicted molar refractivity (Wildman–Crippen MR) is 134 cm³/mol. The van der Waals surface area contributed by atoms with Crippen LogP contribution in [0.5, 0.6) is 5.75 Å². The Morgan fingerprint density at radius 3 is 2.78 bits per heavy atom. The lowest BCUT2D eigenvalue weighted by Gasteiger charge is -2.27. The van der Waals surface area contributed by atoms with E-state index in [0.717, 1.165) is 24.0 Å². The molecular weight excluding hydrogens is 461 g/mol. The van der Waals surface area contributed by atoms with Gasteiger partial charge in [-0.1, -0.05) is 24.1 Å². The smallest absolute Gasteiger partial charge is 0.239 e. The molecule has 2 aliphatic heterocycles. The van der Waals surface area contributed by atoms with Crippen LogP contribution in [0.1, 0.15) is 48.8 Å². The molecule has 0 saturated heterocycles. The highest BCUT2D eigenvalue weighted by atomic mass is 19.1. The molecule has 7 nitrogen and oxygen atoms in total. The Balaban J connectivity index is 1.48. The van der Waals surface area contributed by atoms with E-state index in [-0.39, 0.29) is 43.1 Å². The Labute approximate surface area is 210 Å². The van der Waals surface area contributed by atoms with Gasteiger partial charge in [0.05, 0.1) is 25.3 Å². The van der Waals surface area contributed by atoms with Crippen LogP contribution in [0, 0.1) is 18.2 Å². The number of ether oxygens (including phenoxy) is 1.